The molecule has 30 heavy (non-hydrogen) atoms. The van der Waals surface area contributed by atoms with E-state index in [0.717, 1.165) is 56.9 Å². The summed E-state index contributed by atoms with van der Waals surface area (Å²) in [4.78, 5) is 18.2. The van der Waals surface area contributed by atoms with Crippen LogP contribution >= 0.6 is 0 Å². The smallest absolute Gasteiger partial charge is 0.255 e. The maximum absolute atomic E-state index is 13.2. The van der Waals surface area contributed by atoms with Gasteiger partial charge in [0.05, 0.1) is 11.7 Å². The zero-order valence-corrected chi connectivity index (χ0v) is 17.4. The molecule has 1 N–H and O–H groups in total. The number of para-hydroxylation sites is 1. The lowest BCUT2D eigenvalue weighted by Crippen LogP contribution is -2.47. The highest BCUT2D eigenvalue weighted by molar-refractivity contribution is 5.81. The summed E-state index contributed by atoms with van der Waals surface area (Å²) in [6, 6.07) is 10.8. The zero-order chi connectivity index (χ0) is 20.1. The van der Waals surface area contributed by atoms with Gasteiger partial charge in [0.25, 0.3) is 5.56 Å². The van der Waals surface area contributed by atoms with Crippen LogP contribution in [0.25, 0.3) is 10.9 Å². The van der Waals surface area contributed by atoms with Gasteiger partial charge in [0.1, 0.15) is 0 Å². The zero-order valence-electron chi connectivity index (χ0n) is 17.4. The van der Waals surface area contributed by atoms with Gasteiger partial charge >= 0.3 is 0 Å². The van der Waals surface area contributed by atoms with Crippen LogP contribution in [0.15, 0.2) is 41.3 Å². The Morgan fingerprint density at radius 2 is 1.83 bits per heavy atom. The van der Waals surface area contributed by atoms with Crippen molar-refractivity contribution in [2.75, 3.05) is 26.2 Å². The van der Waals surface area contributed by atoms with Crippen molar-refractivity contribution in [3.8, 4) is 0 Å². The molecule has 6 heteroatoms. The van der Waals surface area contributed by atoms with Crippen LogP contribution in [0.3, 0.4) is 0 Å². The van der Waals surface area contributed by atoms with Crippen molar-refractivity contribution in [1.82, 2.24) is 24.6 Å². The number of hydrogen-bond donors (Lipinski definition) is 1. The number of likely N-dealkylation sites (tertiary alicyclic amines) is 2. The molecule has 0 spiro atoms. The molecule has 3 aromatic rings. The topological polar surface area (TPSA) is 57.2 Å². The fourth-order valence-corrected chi connectivity index (χ4v) is 5.92. The van der Waals surface area contributed by atoms with E-state index in [2.05, 4.69) is 54.9 Å². The number of hydrogen-bond acceptors (Lipinski definition) is 4. The minimum atomic E-state index is 0.254. The van der Waals surface area contributed by atoms with E-state index in [0.29, 0.717) is 11.8 Å². The first kappa shape index (κ1) is 18.3. The molecule has 0 unspecified atom stereocenters. The molecule has 5 heterocycles. The standard InChI is InChI=1S/C24H29N5O/c30-24-20(15-27-8-1-2-9-27)6-7-22-21-10-17(13-29(22)24)12-28(16-21)14-19-5-3-4-18-11-25-26-23(18)19/h3-7,11,17,21H,1-2,8-10,12-16H2,(H,25,26)/t17-,21+/m0/s1. The van der Waals surface area contributed by atoms with Crippen LogP contribution in [0.1, 0.15) is 42.0 Å². The summed E-state index contributed by atoms with van der Waals surface area (Å²) in [5.41, 5.74) is 4.93. The third-order valence-corrected chi connectivity index (χ3v) is 7.31. The number of nitrogens with one attached hydrogen (secondary N) is 1. The van der Waals surface area contributed by atoms with Crippen LogP contribution in [0.2, 0.25) is 0 Å². The Hall–Kier alpha value is -2.44. The van der Waals surface area contributed by atoms with Gasteiger partial charge in [0, 0.05) is 55.3 Å². The van der Waals surface area contributed by atoms with E-state index in [1.807, 2.05) is 6.20 Å². The van der Waals surface area contributed by atoms with Crippen molar-refractivity contribution in [1.29, 1.82) is 0 Å². The van der Waals surface area contributed by atoms with Crippen LogP contribution in [0, 0.1) is 5.92 Å². The average Bonchev–Trinajstić information content (AvgIpc) is 3.43. The Labute approximate surface area is 176 Å². The van der Waals surface area contributed by atoms with Crippen LogP contribution in [0.5, 0.6) is 0 Å². The van der Waals surface area contributed by atoms with Crippen molar-refractivity contribution >= 4 is 10.9 Å². The largest absolute Gasteiger partial charge is 0.312 e. The molecule has 6 rings (SSSR count). The third kappa shape index (κ3) is 3.19. The summed E-state index contributed by atoms with van der Waals surface area (Å²) in [6.07, 6.45) is 5.62. The fraction of sp³-hybridized carbons (Fsp3) is 0.500. The molecule has 3 aliphatic heterocycles. The number of fused-ring (bicyclic) bond motifs is 5. The number of aromatic nitrogens is 3. The SMILES string of the molecule is O=c1c(CN2CCCC2)ccc2n1C[C@H]1C[C@@H]2CN(Cc2cccc3cn[nH]c23)C1. The first-order valence-electron chi connectivity index (χ1n) is 11.3. The number of nitrogens with zero attached hydrogens (tertiary/aromatic N) is 4. The minimum absolute atomic E-state index is 0.254. The van der Waals surface area contributed by atoms with E-state index < -0.39 is 0 Å². The van der Waals surface area contributed by atoms with E-state index >= 15 is 0 Å². The van der Waals surface area contributed by atoms with Crippen molar-refractivity contribution in [3.63, 3.8) is 0 Å². The second kappa shape index (κ2) is 7.36. The second-order valence-electron chi connectivity index (χ2n) is 9.43. The van der Waals surface area contributed by atoms with Crippen molar-refractivity contribution in [2.45, 2.75) is 44.8 Å². The normalized spacial score (nSPS) is 24.4. The predicted octanol–water partition coefficient (Wildman–Crippen LogP) is 2.94. The Kier molecular flexibility index (Phi) is 4.50. The van der Waals surface area contributed by atoms with Crippen LogP contribution in [-0.2, 0) is 19.6 Å². The molecule has 3 aliphatic rings. The van der Waals surface area contributed by atoms with Gasteiger partial charge in [-0.25, -0.2) is 0 Å². The van der Waals surface area contributed by atoms with Crippen LogP contribution < -0.4 is 5.56 Å². The van der Waals surface area contributed by atoms with E-state index in [1.165, 1.54) is 35.9 Å². The number of aromatic amines is 1. The monoisotopic (exact) mass is 403 g/mol. The maximum Gasteiger partial charge on any atom is 0.255 e. The first-order valence-corrected chi connectivity index (χ1v) is 11.3. The lowest BCUT2D eigenvalue weighted by Gasteiger charge is -2.43. The molecule has 0 aliphatic carbocycles. The van der Waals surface area contributed by atoms with Crippen molar-refractivity contribution < 1.29 is 0 Å². The van der Waals surface area contributed by atoms with Gasteiger partial charge < -0.3 is 4.57 Å². The molecule has 6 nitrogen and oxygen atoms in total. The van der Waals surface area contributed by atoms with E-state index in [1.54, 1.807) is 0 Å². The molecule has 156 valence electrons. The number of H-pyrrole nitrogens is 1. The summed E-state index contributed by atoms with van der Waals surface area (Å²) in [7, 11) is 0. The van der Waals surface area contributed by atoms with Gasteiger partial charge in [-0.05, 0) is 49.9 Å². The minimum Gasteiger partial charge on any atom is -0.312 e. The molecule has 0 radical (unpaired) electrons. The molecule has 2 atom stereocenters. The van der Waals surface area contributed by atoms with E-state index in [9.17, 15) is 4.79 Å². The average molecular weight is 404 g/mol. The molecule has 0 amide bonds. The summed E-state index contributed by atoms with van der Waals surface area (Å²) in [5.74, 6) is 1.00. The summed E-state index contributed by atoms with van der Waals surface area (Å²) < 4.78 is 2.11. The van der Waals surface area contributed by atoms with Crippen LogP contribution in [-0.4, -0.2) is 50.7 Å². The number of benzene rings is 1. The van der Waals surface area contributed by atoms with Crippen molar-refractivity contribution in [2.24, 2.45) is 5.92 Å². The number of rotatable bonds is 4. The second-order valence-corrected chi connectivity index (χ2v) is 9.43. The molecular formula is C24H29N5O. The highest BCUT2D eigenvalue weighted by atomic mass is 16.1. The number of piperidine rings is 1. The summed E-state index contributed by atoms with van der Waals surface area (Å²) in [5, 5.41) is 8.55. The Bertz CT molecular complexity index is 1130. The van der Waals surface area contributed by atoms with Gasteiger partial charge in [-0.2, -0.15) is 5.10 Å². The first-order chi connectivity index (χ1) is 14.7. The van der Waals surface area contributed by atoms with Crippen molar-refractivity contribution in [3.05, 3.63) is 63.7 Å². The van der Waals surface area contributed by atoms with Gasteiger partial charge in [0.15, 0.2) is 0 Å². The lowest BCUT2D eigenvalue weighted by molar-refractivity contribution is 0.114. The molecule has 2 saturated heterocycles. The highest BCUT2D eigenvalue weighted by Crippen LogP contribution is 2.36. The molecule has 1 aromatic carbocycles. The molecular weight excluding hydrogens is 374 g/mol. The van der Waals surface area contributed by atoms with Gasteiger partial charge in [0.2, 0.25) is 0 Å². The number of pyridine rings is 1. The summed E-state index contributed by atoms with van der Waals surface area (Å²) in [6.45, 7) is 6.95. The van der Waals surface area contributed by atoms with Gasteiger partial charge in [-0.3, -0.25) is 19.7 Å². The highest BCUT2D eigenvalue weighted by Gasteiger charge is 2.35. The van der Waals surface area contributed by atoms with E-state index in [-0.39, 0.29) is 5.56 Å². The predicted molar refractivity (Wildman–Crippen MR) is 117 cm³/mol. The molecule has 2 aromatic heterocycles. The van der Waals surface area contributed by atoms with Gasteiger partial charge in [-0.1, -0.05) is 24.3 Å². The quantitative estimate of drug-likeness (QED) is 0.728. The maximum atomic E-state index is 13.2. The molecule has 2 bridgehead atoms. The fourth-order valence-electron chi connectivity index (χ4n) is 5.92. The molecule has 2 fully saturated rings. The Morgan fingerprint density at radius 1 is 0.967 bits per heavy atom. The van der Waals surface area contributed by atoms with Gasteiger partial charge in [-0.15, -0.1) is 0 Å². The van der Waals surface area contributed by atoms with E-state index in [4.69, 9.17) is 0 Å². The van der Waals surface area contributed by atoms with Crippen LogP contribution in [0.4, 0.5) is 0 Å². The Morgan fingerprint density at radius 3 is 2.73 bits per heavy atom. The third-order valence-electron chi connectivity index (χ3n) is 7.31. The molecule has 0 saturated carbocycles. The summed E-state index contributed by atoms with van der Waals surface area (Å²) >= 11 is 0. The lowest BCUT2D eigenvalue weighted by atomic mass is 9.82. The Balaban J connectivity index is 1.24.